The fraction of sp³-hybridized carbons (Fsp3) is 0.120. The van der Waals surface area contributed by atoms with Crippen molar-refractivity contribution in [1.82, 2.24) is 14.3 Å². The highest BCUT2D eigenvalue weighted by Gasteiger charge is 2.53. The summed E-state index contributed by atoms with van der Waals surface area (Å²) >= 11 is 12.4. The summed E-state index contributed by atoms with van der Waals surface area (Å²) in [6, 6.07) is 16.7. The first kappa shape index (κ1) is 23.5. The molecule has 0 saturated carbocycles. The second-order valence-corrected chi connectivity index (χ2v) is 9.61. The number of Topliss-reactive ketones (excluding diaryl/α,β-unsaturated/α-hetero) is 1. The van der Waals surface area contributed by atoms with Crippen molar-refractivity contribution in [3.05, 3.63) is 105 Å². The Labute approximate surface area is 215 Å². The molecular formula is C25H18ClFN4O2S2. The van der Waals surface area contributed by atoms with Gasteiger partial charge >= 0.3 is 0 Å². The number of nitrogens with zero attached hydrogens (tertiary/aromatic N) is 3. The fourth-order valence-corrected chi connectivity index (χ4v) is 5.67. The van der Waals surface area contributed by atoms with Gasteiger partial charge < -0.3 is 5.32 Å². The van der Waals surface area contributed by atoms with Crippen LogP contribution >= 0.6 is 35.8 Å². The highest BCUT2D eigenvalue weighted by atomic mass is 35.5. The van der Waals surface area contributed by atoms with Gasteiger partial charge in [0.1, 0.15) is 17.3 Å². The van der Waals surface area contributed by atoms with Gasteiger partial charge in [-0.1, -0.05) is 48.7 Å². The average molecular weight is 525 g/mol. The molecular weight excluding hydrogens is 507 g/mol. The van der Waals surface area contributed by atoms with E-state index < -0.39 is 23.3 Å². The lowest BCUT2D eigenvalue weighted by atomic mass is 9.75. The molecule has 2 atom stereocenters. The second-order valence-electron chi connectivity index (χ2n) is 8.02. The lowest BCUT2D eigenvalue weighted by molar-refractivity contribution is -0.142. The SMILES string of the molecule is O=C1C[C@](c2ccsc2)(c2cccc(Nc3ccc(F)nc3)n2)N(S)C(=O)C1c1ccccc1Cl. The van der Waals surface area contributed by atoms with Crippen molar-refractivity contribution >= 4 is 58.9 Å². The fourth-order valence-electron chi connectivity index (χ4n) is 4.30. The molecule has 4 heterocycles. The molecule has 1 unspecified atom stereocenters. The molecule has 0 spiro atoms. The lowest BCUT2D eigenvalue weighted by Gasteiger charge is -2.45. The Morgan fingerprint density at radius 2 is 1.94 bits per heavy atom. The summed E-state index contributed by atoms with van der Waals surface area (Å²) in [5.74, 6) is -1.96. The minimum Gasteiger partial charge on any atom is -0.339 e. The van der Waals surface area contributed by atoms with Crippen LogP contribution in [0.15, 0.2) is 77.6 Å². The van der Waals surface area contributed by atoms with Crippen molar-refractivity contribution in [3.8, 4) is 0 Å². The average Bonchev–Trinajstić information content (AvgIpc) is 3.40. The molecule has 1 aliphatic rings. The molecule has 1 amide bonds. The molecule has 0 radical (unpaired) electrons. The van der Waals surface area contributed by atoms with Crippen LogP contribution in [0.25, 0.3) is 0 Å². The Morgan fingerprint density at radius 3 is 2.66 bits per heavy atom. The van der Waals surface area contributed by atoms with Crippen molar-refractivity contribution in [2.45, 2.75) is 17.9 Å². The third kappa shape index (κ3) is 4.20. The monoisotopic (exact) mass is 524 g/mol. The number of hydrogen-bond donors (Lipinski definition) is 2. The van der Waals surface area contributed by atoms with Crippen LogP contribution in [0.1, 0.15) is 29.2 Å². The third-order valence-corrected chi connectivity index (χ3v) is 7.52. The molecule has 1 fully saturated rings. The lowest BCUT2D eigenvalue weighted by Crippen LogP contribution is -2.54. The number of anilines is 2. The van der Waals surface area contributed by atoms with Crippen LogP contribution in [-0.2, 0) is 15.1 Å². The van der Waals surface area contributed by atoms with E-state index in [-0.39, 0.29) is 12.2 Å². The summed E-state index contributed by atoms with van der Waals surface area (Å²) in [5.41, 5.74) is 0.954. The number of thiophene rings is 1. The van der Waals surface area contributed by atoms with Crippen LogP contribution in [0.3, 0.4) is 0 Å². The van der Waals surface area contributed by atoms with Gasteiger partial charge in [-0.25, -0.2) is 9.97 Å². The van der Waals surface area contributed by atoms with E-state index in [9.17, 15) is 14.0 Å². The van der Waals surface area contributed by atoms with E-state index in [0.29, 0.717) is 27.8 Å². The smallest absolute Gasteiger partial charge is 0.248 e. The molecule has 1 saturated heterocycles. The van der Waals surface area contributed by atoms with E-state index in [1.807, 2.05) is 16.8 Å². The summed E-state index contributed by atoms with van der Waals surface area (Å²) in [4.78, 5) is 35.6. The number of rotatable bonds is 5. The Hall–Kier alpha value is -3.27. The molecule has 10 heteroatoms. The van der Waals surface area contributed by atoms with Crippen molar-refractivity contribution in [2.24, 2.45) is 0 Å². The number of pyridine rings is 2. The third-order valence-electron chi connectivity index (χ3n) is 5.96. The van der Waals surface area contributed by atoms with Crippen LogP contribution in [0.5, 0.6) is 0 Å². The van der Waals surface area contributed by atoms with Gasteiger partial charge in [0.25, 0.3) is 0 Å². The van der Waals surface area contributed by atoms with Gasteiger partial charge in [0.2, 0.25) is 11.9 Å². The van der Waals surface area contributed by atoms with E-state index >= 15 is 0 Å². The number of carbonyl (C=O) groups is 2. The van der Waals surface area contributed by atoms with Gasteiger partial charge in [-0.05, 0) is 58.3 Å². The first-order chi connectivity index (χ1) is 16.9. The van der Waals surface area contributed by atoms with Crippen LogP contribution in [0, 0.1) is 5.95 Å². The van der Waals surface area contributed by atoms with Crippen molar-refractivity contribution in [3.63, 3.8) is 0 Å². The minimum absolute atomic E-state index is 0.0383. The highest BCUT2D eigenvalue weighted by molar-refractivity contribution is 7.78. The number of piperidine rings is 1. The number of nitrogens with one attached hydrogen (secondary N) is 1. The van der Waals surface area contributed by atoms with E-state index in [0.717, 1.165) is 5.56 Å². The Kier molecular flexibility index (Phi) is 6.31. The maximum Gasteiger partial charge on any atom is 0.248 e. The number of carbonyl (C=O) groups excluding carboxylic acids is 2. The second kappa shape index (κ2) is 9.41. The highest BCUT2D eigenvalue weighted by Crippen LogP contribution is 2.48. The molecule has 3 aromatic heterocycles. The molecule has 176 valence electrons. The maximum atomic E-state index is 13.7. The van der Waals surface area contributed by atoms with Crippen molar-refractivity contribution in [1.29, 1.82) is 0 Å². The summed E-state index contributed by atoms with van der Waals surface area (Å²) in [7, 11) is 0. The van der Waals surface area contributed by atoms with Crippen LogP contribution in [0.4, 0.5) is 15.9 Å². The van der Waals surface area contributed by atoms with Gasteiger partial charge in [0, 0.05) is 11.4 Å². The van der Waals surface area contributed by atoms with Gasteiger partial charge in [-0.15, -0.1) is 0 Å². The zero-order valence-electron chi connectivity index (χ0n) is 18.1. The first-order valence-corrected chi connectivity index (χ1v) is 12.3. The van der Waals surface area contributed by atoms with Crippen molar-refractivity contribution in [2.75, 3.05) is 5.32 Å². The zero-order chi connectivity index (χ0) is 24.6. The molecule has 0 bridgehead atoms. The van der Waals surface area contributed by atoms with Crippen LogP contribution in [-0.4, -0.2) is 26.0 Å². The topological polar surface area (TPSA) is 75.2 Å². The molecule has 1 N–H and O–H groups in total. The quantitative estimate of drug-likeness (QED) is 0.197. The standard InChI is InChI=1S/C25H18ClFN4O2S2/c26-18-5-2-1-4-17(18)23-19(32)12-25(31(34)24(23)33,15-10-11-35-14-15)20-6-3-7-22(30-20)29-16-8-9-21(27)28-13-16/h1-11,13-14,23,34H,12H2,(H,29,30)/t23?,25-/m0/s1. The van der Waals surface area contributed by atoms with E-state index in [2.05, 4.69) is 23.1 Å². The predicted molar refractivity (Wildman–Crippen MR) is 136 cm³/mol. The van der Waals surface area contributed by atoms with Gasteiger partial charge in [0.15, 0.2) is 5.78 Å². The molecule has 35 heavy (non-hydrogen) atoms. The molecule has 5 rings (SSSR count). The van der Waals surface area contributed by atoms with Crippen molar-refractivity contribution < 1.29 is 14.0 Å². The largest absolute Gasteiger partial charge is 0.339 e. The number of thiol groups is 1. The number of ketones is 1. The summed E-state index contributed by atoms with van der Waals surface area (Å²) < 4.78 is 14.5. The van der Waals surface area contributed by atoms with Gasteiger partial charge in [0.05, 0.1) is 17.6 Å². The molecule has 1 aliphatic heterocycles. The number of hydrogen-bond acceptors (Lipinski definition) is 7. The Bertz CT molecular complexity index is 1400. The number of amides is 1. The molecule has 6 nitrogen and oxygen atoms in total. The minimum atomic E-state index is -1.23. The van der Waals surface area contributed by atoms with Gasteiger partial charge in [-0.2, -0.15) is 15.7 Å². The molecule has 1 aromatic carbocycles. The number of halogens is 2. The summed E-state index contributed by atoms with van der Waals surface area (Å²) in [6.45, 7) is 0. The van der Waals surface area contributed by atoms with E-state index in [1.165, 1.54) is 34.0 Å². The van der Waals surface area contributed by atoms with Gasteiger partial charge in [-0.3, -0.25) is 13.9 Å². The first-order valence-electron chi connectivity index (χ1n) is 10.6. The molecule has 4 aromatic rings. The van der Waals surface area contributed by atoms with Crippen LogP contribution < -0.4 is 5.32 Å². The molecule has 0 aliphatic carbocycles. The number of benzene rings is 1. The van der Waals surface area contributed by atoms with E-state index in [1.54, 1.807) is 42.5 Å². The predicted octanol–water partition coefficient (Wildman–Crippen LogP) is 5.75. The summed E-state index contributed by atoms with van der Waals surface area (Å²) in [6.07, 6.45) is 1.31. The normalized spacial score (nSPS) is 20.2. The summed E-state index contributed by atoms with van der Waals surface area (Å²) in [5, 5.41) is 7.19. The Balaban J connectivity index is 1.58. The van der Waals surface area contributed by atoms with E-state index in [4.69, 9.17) is 16.6 Å². The Morgan fingerprint density at radius 1 is 1.11 bits per heavy atom. The number of aromatic nitrogens is 2. The van der Waals surface area contributed by atoms with Crippen LogP contribution in [0.2, 0.25) is 5.02 Å². The zero-order valence-corrected chi connectivity index (χ0v) is 20.5. The maximum absolute atomic E-state index is 13.7.